The number of nitrogens with one attached hydrogen (secondary N) is 1. The largest absolute Gasteiger partial charge is 0.490 e. The number of hydrogen-bond donors (Lipinski definition) is 1. The van der Waals surface area contributed by atoms with Gasteiger partial charge in [0, 0.05) is 34.8 Å². The molecule has 2 heterocycles. The number of fused-ring (bicyclic) bond motifs is 1. The third kappa shape index (κ3) is 4.81. The first-order chi connectivity index (χ1) is 15.7. The SMILES string of the molecule is O=C(Nc1cccc(OC2CCCC2)c1)c1ccccc1SCc1cn2ccccc2n1. The molecule has 162 valence electrons. The zero-order chi connectivity index (χ0) is 21.8. The van der Waals surface area contributed by atoms with Crippen LogP contribution < -0.4 is 10.1 Å². The molecule has 32 heavy (non-hydrogen) atoms. The molecular formula is C26H25N3O2S. The predicted octanol–water partition coefficient (Wildman–Crippen LogP) is 6.20. The molecule has 1 aliphatic carbocycles. The van der Waals surface area contributed by atoms with Crippen LogP contribution >= 0.6 is 11.8 Å². The van der Waals surface area contributed by atoms with Crippen molar-refractivity contribution in [1.82, 2.24) is 9.38 Å². The standard InChI is InChI=1S/C26H25N3O2S/c30-26(28-19-8-7-11-22(16-19)31-21-9-1-2-10-21)23-12-3-4-13-24(23)32-18-20-17-29-15-6-5-14-25(29)27-20/h3-8,11-17,21H,1-2,9-10,18H2,(H,28,30). The van der Waals surface area contributed by atoms with Crippen LogP contribution in [0.5, 0.6) is 5.75 Å². The van der Waals surface area contributed by atoms with Gasteiger partial charge in [0.2, 0.25) is 0 Å². The summed E-state index contributed by atoms with van der Waals surface area (Å²) in [6.45, 7) is 0. The van der Waals surface area contributed by atoms with Crippen LogP contribution in [0.1, 0.15) is 41.7 Å². The van der Waals surface area contributed by atoms with Crippen LogP contribution in [-0.2, 0) is 5.75 Å². The van der Waals surface area contributed by atoms with Crippen molar-refractivity contribution in [3.63, 3.8) is 0 Å². The molecule has 1 saturated carbocycles. The third-order valence-electron chi connectivity index (χ3n) is 5.62. The summed E-state index contributed by atoms with van der Waals surface area (Å²) >= 11 is 1.62. The van der Waals surface area contributed by atoms with Crippen molar-refractivity contribution in [1.29, 1.82) is 0 Å². The quantitative estimate of drug-likeness (QED) is 0.346. The molecule has 0 atom stereocenters. The molecule has 1 fully saturated rings. The zero-order valence-corrected chi connectivity index (χ0v) is 18.6. The summed E-state index contributed by atoms with van der Waals surface area (Å²) in [6, 6.07) is 21.3. The number of carbonyl (C=O) groups is 1. The Bertz CT molecular complexity index is 1200. The number of thioether (sulfide) groups is 1. The van der Waals surface area contributed by atoms with Crippen molar-refractivity contribution in [2.75, 3.05) is 5.32 Å². The maximum absolute atomic E-state index is 13.1. The van der Waals surface area contributed by atoms with E-state index >= 15 is 0 Å². The van der Waals surface area contributed by atoms with Gasteiger partial charge in [-0.2, -0.15) is 0 Å². The lowest BCUT2D eigenvalue weighted by molar-refractivity contribution is 0.102. The summed E-state index contributed by atoms with van der Waals surface area (Å²) in [5, 5.41) is 3.03. The minimum absolute atomic E-state index is 0.124. The maximum Gasteiger partial charge on any atom is 0.256 e. The van der Waals surface area contributed by atoms with Crippen LogP contribution in [0.2, 0.25) is 0 Å². The molecule has 4 aromatic rings. The van der Waals surface area contributed by atoms with Gasteiger partial charge in [-0.25, -0.2) is 4.98 Å². The third-order valence-corrected chi connectivity index (χ3v) is 6.73. The second kappa shape index (κ2) is 9.49. The first kappa shape index (κ1) is 20.6. The Kier molecular flexibility index (Phi) is 6.12. The Balaban J connectivity index is 1.27. The van der Waals surface area contributed by atoms with E-state index in [0.29, 0.717) is 11.3 Å². The number of carbonyl (C=O) groups excluding carboxylic acids is 1. The van der Waals surface area contributed by atoms with E-state index < -0.39 is 0 Å². The van der Waals surface area contributed by atoms with Gasteiger partial charge < -0.3 is 14.5 Å². The van der Waals surface area contributed by atoms with Gasteiger partial charge in [-0.05, 0) is 62.1 Å². The van der Waals surface area contributed by atoms with Crippen LogP contribution in [0.15, 0.2) is 84.0 Å². The van der Waals surface area contributed by atoms with Gasteiger partial charge in [0.1, 0.15) is 11.4 Å². The molecule has 5 rings (SSSR count). The summed E-state index contributed by atoms with van der Waals surface area (Å²) in [5.74, 6) is 1.38. The molecule has 0 bridgehead atoms. The van der Waals surface area contributed by atoms with Gasteiger partial charge >= 0.3 is 0 Å². The summed E-state index contributed by atoms with van der Waals surface area (Å²) in [4.78, 5) is 18.6. The van der Waals surface area contributed by atoms with E-state index in [1.165, 1.54) is 12.8 Å². The van der Waals surface area contributed by atoms with Gasteiger partial charge in [-0.15, -0.1) is 11.8 Å². The molecular weight excluding hydrogens is 418 g/mol. The van der Waals surface area contributed by atoms with Gasteiger partial charge in [0.25, 0.3) is 5.91 Å². The minimum Gasteiger partial charge on any atom is -0.490 e. The van der Waals surface area contributed by atoms with Crippen molar-refractivity contribution in [3.05, 3.63) is 90.4 Å². The number of aromatic nitrogens is 2. The average Bonchev–Trinajstić information content (AvgIpc) is 3.47. The van der Waals surface area contributed by atoms with Crippen molar-refractivity contribution in [2.24, 2.45) is 0 Å². The lowest BCUT2D eigenvalue weighted by Crippen LogP contribution is -2.14. The fourth-order valence-corrected chi connectivity index (χ4v) is 4.97. The summed E-state index contributed by atoms with van der Waals surface area (Å²) < 4.78 is 8.08. The minimum atomic E-state index is -0.124. The molecule has 0 radical (unpaired) electrons. The fraction of sp³-hybridized carbons (Fsp3) is 0.231. The highest BCUT2D eigenvalue weighted by atomic mass is 32.2. The van der Waals surface area contributed by atoms with Gasteiger partial charge in [0.05, 0.1) is 17.4 Å². The lowest BCUT2D eigenvalue weighted by atomic mass is 10.2. The molecule has 0 unspecified atom stereocenters. The second-order valence-electron chi connectivity index (χ2n) is 7.99. The van der Waals surface area contributed by atoms with E-state index in [4.69, 9.17) is 4.74 Å². The second-order valence-corrected chi connectivity index (χ2v) is 9.01. The number of amides is 1. The zero-order valence-electron chi connectivity index (χ0n) is 17.7. The van der Waals surface area contributed by atoms with Crippen LogP contribution in [0.25, 0.3) is 5.65 Å². The number of benzene rings is 2. The van der Waals surface area contributed by atoms with E-state index in [1.54, 1.807) is 11.8 Å². The highest BCUT2D eigenvalue weighted by Crippen LogP contribution is 2.28. The Morgan fingerprint density at radius 2 is 1.91 bits per heavy atom. The van der Waals surface area contributed by atoms with E-state index in [0.717, 1.165) is 40.5 Å². The van der Waals surface area contributed by atoms with Crippen molar-refractivity contribution in [3.8, 4) is 5.75 Å². The number of ether oxygens (including phenoxy) is 1. The molecule has 0 saturated heterocycles. The Labute approximate surface area is 191 Å². The number of anilines is 1. The van der Waals surface area contributed by atoms with Gasteiger partial charge in [0.15, 0.2) is 0 Å². The van der Waals surface area contributed by atoms with Crippen LogP contribution in [0, 0.1) is 0 Å². The topological polar surface area (TPSA) is 55.6 Å². The molecule has 5 nitrogen and oxygen atoms in total. The van der Waals surface area contributed by atoms with Gasteiger partial charge in [-0.1, -0.05) is 24.3 Å². The van der Waals surface area contributed by atoms with Crippen LogP contribution in [0.4, 0.5) is 5.69 Å². The number of pyridine rings is 1. The van der Waals surface area contributed by atoms with Crippen LogP contribution in [0.3, 0.4) is 0 Å². The number of nitrogens with zero attached hydrogens (tertiary/aromatic N) is 2. The predicted molar refractivity (Wildman–Crippen MR) is 128 cm³/mol. The molecule has 1 N–H and O–H groups in total. The number of imidazole rings is 1. The molecule has 1 aliphatic rings. The lowest BCUT2D eigenvalue weighted by Gasteiger charge is -2.14. The van der Waals surface area contributed by atoms with Crippen LogP contribution in [-0.4, -0.2) is 21.4 Å². The molecule has 6 heteroatoms. The van der Waals surface area contributed by atoms with E-state index in [-0.39, 0.29) is 12.0 Å². The first-order valence-electron chi connectivity index (χ1n) is 11.0. The van der Waals surface area contributed by atoms with E-state index in [9.17, 15) is 4.79 Å². The highest BCUT2D eigenvalue weighted by molar-refractivity contribution is 7.98. The fourth-order valence-electron chi connectivity index (χ4n) is 4.03. The first-order valence-corrected chi connectivity index (χ1v) is 12.0. The average molecular weight is 444 g/mol. The monoisotopic (exact) mass is 443 g/mol. The van der Waals surface area contributed by atoms with Crippen molar-refractivity contribution in [2.45, 2.75) is 42.4 Å². The Morgan fingerprint density at radius 3 is 2.78 bits per heavy atom. The van der Waals surface area contributed by atoms with Crippen molar-refractivity contribution >= 4 is 29.0 Å². The van der Waals surface area contributed by atoms with Gasteiger partial charge in [-0.3, -0.25) is 4.79 Å². The molecule has 2 aromatic carbocycles. The summed E-state index contributed by atoms with van der Waals surface area (Å²) in [7, 11) is 0. The van der Waals surface area contributed by atoms with Crippen molar-refractivity contribution < 1.29 is 9.53 Å². The van der Waals surface area contributed by atoms with E-state index in [2.05, 4.69) is 10.3 Å². The summed E-state index contributed by atoms with van der Waals surface area (Å²) in [6.07, 6.45) is 8.97. The molecule has 0 spiro atoms. The Morgan fingerprint density at radius 1 is 1.06 bits per heavy atom. The molecule has 2 aromatic heterocycles. The number of rotatable bonds is 7. The normalized spacial score (nSPS) is 14.0. The Hall–Kier alpha value is -3.25. The molecule has 0 aliphatic heterocycles. The molecule has 1 amide bonds. The highest BCUT2D eigenvalue weighted by Gasteiger charge is 2.17. The number of hydrogen-bond acceptors (Lipinski definition) is 4. The summed E-state index contributed by atoms with van der Waals surface area (Å²) in [5.41, 5.74) is 3.30. The van der Waals surface area contributed by atoms with E-state index in [1.807, 2.05) is 83.5 Å². The smallest absolute Gasteiger partial charge is 0.256 e. The maximum atomic E-state index is 13.1.